The molecule has 0 unspecified atom stereocenters. The molecule has 3 aromatic rings. The van der Waals surface area contributed by atoms with Gasteiger partial charge in [-0.3, -0.25) is 14.9 Å². The summed E-state index contributed by atoms with van der Waals surface area (Å²) in [6, 6.07) is 13.3. The van der Waals surface area contributed by atoms with Crippen LogP contribution in [-0.4, -0.2) is 31.3 Å². The molecule has 10 heteroatoms. The van der Waals surface area contributed by atoms with E-state index in [1.807, 2.05) is 35.8 Å². The van der Waals surface area contributed by atoms with Crippen LogP contribution >= 0.6 is 23.4 Å². The molecule has 0 atom stereocenters. The molecule has 1 amide bonds. The number of non-ortho nitro benzene ring substituents is 1. The average Bonchev–Trinajstić information content (AvgIpc) is 3.10. The van der Waals surface area contributed by atoms with Crippen LogP contribution in [-0.2, 0) is 17.8 Å². The van der Waals surface area contributed by atoms with Gasteiger partial charge in [-0.25, -0.2) is 0 Å². The van der Waals surface area contributed by atoms with Gasteiger partial charge in [0.05, 0.1) is 10.7 Å². The molecular weight excluding hydrogens is 414 g/mol. The number of nitro groups is 1. The number of carbonyl (C=O) groups excluding carboxylic acids is 1. The molecule has 8 nitrogen and oxygen atoms in total. The third-order valence-corrected chi connectivity index (χ3v) is 5.30. The van der Waals surface area contributed by atoms with Gasteiger partial charge in [0.2, 0.25) is 5.91 Å². The van der Waals surface area contributed by atoms with Crippen molar-refractivity contribution in [2.24, 2.45) is 0 Å². The first-order valence-electron chi connectivity index (χ1n) is 8.80. The molecular formula is C19H18ClN5O3S. The van der Waals surface area contributed by atoms with Crippen LogP contribution in [0.5, 0.6) is 0 Å². The lowest BCUT2D eigenvalue weighted by Crippen LogP contribution is -2.14. The summed E-state index contributed by atoms with van der Waals surface area (Å²) < 4.78 is 1.97. The van der Waals surface area contributed by atoms with Crippen LogP contribution in [0.3, 0.4) is 0 Å². The van der Waals surface area contributed by atoms with Crippen molar-refractivity contribution in [1.29, 1.82) is 0 Å². The van der Waals surface area contributed by atoms with Gasteiger partial charge in [-0.2, -0.15) is 0 Å². The highest BCUT2D eigenvalue weighted by Gasteiger charge is 2.14. The summed E-state index contributed by atoms with van der Waals surface area (Å²) in [5.74, 6) is 0.734. The molecule has 0 fully saturated rings. The summed E-state index contributed by atoms with van der Waals surface area (Å²) in [6.45, 7) is 2.68. The fourth-order valence-electron chi connectivity index (χ4n) is 2.65. The topological polar surface area (TPSA) is 103 Å². The molecule has 1 heterocycles. The number of rotatable bonds is 8. The zero-order chi connectivity index (χ0) is 20.8. The van der Waals surface area contributed by atoms with E-state index in [0.717, 1.165) is 11.4 Å². The molecule has 0 saturated carbocycles. The number of hydrogen-bond acceptors (Lipinski definition) is 6. The predicted octanol–water partition coefficient (Wildman–Crippen LogP) is 4.18. The van der Waals surface area contributed by atoms with Gasteiger partial charge in [0.1, 0.15) is 5.82 Å². The van der Waals surface area contributed by atoms with Gasteiger partial charge >= 0.3 is 0 Å². The SMILES string of the molecule is CCn1c(Cc2ccc(Cl)cc2)nnc1SCC(=O)Nc1ccc([N+](=O)[O-])cc1. The van der Waals surface area contributed by atoms with Crippen LogP contribution in [0.4, 0.5) is 11.4 Å². The van der Waals surface area contributed by atoms with Crippen molar-refractivity contribution in [3.8, 4) is 0 Å². The average molecular weight is 432 g/mol. The van der Waals surface area contributed by atoms with Crippen LogP contribution in [0.2, 0.25) is 5.02 Å². The van der Waals surface area contributed by atoms with Crippen molar-refractivity contribution in [2.75, 3.05) is 11.1 Å². The van der Waals surface area contributed by atoms with Gasteiger partial charge in [0.15, 0.2) is 5.16 Å². The van der Waals surface area contributed by atoms with Crippen molar-refractivity contribution in [1.82, 2.24) is 14.8 Å². The summed E-state index contributed by atoms with van der Waals surface area (Å²) in [5, 5.41) is 23.2. The highest BCUT2D eigenvalue weighted by atomic mass is 35.5. The number of thioether (sulfide) groups is 1. The Labute approximate surface area is 176 Å². The number of hydrogen-bond donors (Lipinski definition) is 1. The van der Waals surface area contributed by atoms with E-state index in [-0.39, 0.29) is 17.3 Å². The molecule has 1 N–H and O–H groups in total. The number of carbonyl (C=O) groups is 1. The number of halogens is 1. The van der Waals surface area contributed by atoms with Crippen molar-refractivity contribution >= 4 is 40.6 Å². The molecule has 0 saturated heterocycles. The molecule has 3 rings (SSSR count). The van der Waals surface area contributed by atoms with Crippen LogP contribution in [0, 0.1) is 10.1 Å². The van der Waals surface area contributed by atoms with E-state index < -0.39 is 4.92 Å². The number of amides is 1. The minimum Gasteiger partial charge on any atom is -0.325 e. The summed E-state index contributed by atoms with van der Waals surface area (Å²) in [6.07, 6.45) is 0.619. The van der Waals surface area contributed by atoms with Crippen LogP contribution in [0.1, 0.15) is 18.3 Å². The first-order valence-corrected chi connectivity index (χ1v) is 10.2. The van der Waals surface area contributed by atoms with Crippen LogP contribution in [0.15, 0.2) is 53.7 Å². The van der Waals surface area contributed by atoms with Crippen LogP contribution < -0.4 is 5.32 Å². The van der Waals surface area contributed by atoms with Gasteiger partial charge < -0.3 is 9.88 Å². The Bertz CT molecular complexity index is 1010. The maximum absolute atomic E-state index is 12.2. The second-order valence-corrected chi connectivity index (χ2v) is 7.47. The number of benzene rings is 2. The second kappa shape index (κ2) is 9.53. The lowest BCUT2D eigenvalue weighted by atomic mass is 10.1. The number of nitrogens with one attached hydrogen (secondary N) is 1. The number of nitro benzene ring substituents is 1. The van der Waals surface area contributed by atoms with E-state index >= 15 is 0 Å². The Kier molecular flexibility index (Phi) is 6.84. The third kappa shape index (κ3) is 5.55. The molecule has 0 aliphatic rings. The Morgan fingerprint density at radius 3 is 2.48 bits per heavy atom. The number of aromatic nitrogens is 3. The minimum atomic E-state index is -0.485. The van der Waals surface area contributed by atoms with E-state index in [9.17, 15) is 14.9 Å². The van der Waals surface area contributed by atoms with Gasteiger partial charge in [0, 0.05) is 35.8 Å². The minimum absolute atomic E-state index is 0.0263. The monoisotopic (exact) mass is 431 g/mol. The summed E-state index contributed by atoms with van der Waals surface area (Å²) in [5.41, 5.74) is 1.55. The predicted molar refractivity (Wildman–Crippen MR) is 112 cm³/mol. The zero-order valence-corrected chi connectivity index (χ0v) is 17.1. The van der Waals surface area contributed by atoms with E-state index in [1.165, 1.54) is 36.0 Å². The van der Waals surface area contributed by atoms with E-state index in [1.54, 1.807) is 0 Å². The van der Waals surface area contributed by atoms with E-state index in [0.29, 0.717) is 28.8 Å². The Hall–Kier alpha value is -2.91. The smallest absolute Gasteiger partial charge is 0.269 e. The maximum Gasteiger partial charge on any atom is 0.269 e. The molecule has 2 aromatic carbocycles. The largest absolute Gasteiger partial charge is 0.325 e. The molecule has 1 aromatic heterocycles. The van der Waals surface area contributed by atoms with E-state index in [2.05, 4.69) is 15.5 Å². The molecule has 29 heavy (non-hydrogen) atoms. The van der Waals surface area contributed by atoms with Gasteiger partial charge in [-0.1, -0.05) is 35.5 Å². The molecule has 0 spiro atoms. The molecule has 0 aliphatic carbocycles. The lowest BCUT2D eigenvalue weighted by Gasteiger charge is -2.08. The van der Waals surface area contributed by atoms with Gasteiger partial charge in [-0.15, -0.1) is 10.2 Å². The number of nitrogens with zero attached hydrogens (tertiary/aromatic N) is 4. The van der Waals surface area contributed by atoms with Gasteiger partial charge in [0.25, 0.3) is 5.69 Å². The number of anilines is 1. The molecule has 0 radical (unpaired) electrons. The van der Waals surface area contributed by atoms with Crippen molar-refractivity contribution in [3.05, 3.63) is 75.1 Å². The third-order valence-electron chi connectivity index (χ3n) is 4.08. The zero-order valence-electron chi connectivity index (χ0n) is 15.5. The fraction of sp³-hybridized carbons (Fsp3) is 0.211. The fourth-order valence-corrected chi connectivity index (χ4v) is 3.60. The highest BCUT2D eigenvalue weighted by molar-refractivity contribution is 7.99. The quantitative estimate of drug-likeness (QED) is 0.326. The van der Waals surface area contributed by atoms with Crippen molar-refractivity contribution in [3.63, 3.8) is 0 Å². The van der Waals surface area contributed by atoms with Crippen LogP contribution in [0.25, 0.3) is 0 Å². The molecule has 0 aliphatic heterocycles. The first-order chi connectivity index (χ1) is 14.0. The summed E-state index contributed by atoms with van der Waals surface area (Å²) in [4.78, 5) is 22.4. The lowest BCUT2D eigenvalue weighted by molar-refractivity contribution is -0.384. The second-order valence-electron chi connectivity index (χ2n) is 6.09. The Balaban J connectivity index is 1.59. The Morgan fingerprint density at radius 2 is 1.86 bits per heavy atom. The normalized spacial score (nSPS) is 10.7. The van der Waals surface area contributed by atoms with E-state index in [4.69, 9.17) is 11.6 Å². The van der Waals surface area contributed by atoms with Crippen molar-refractivity contribution in [2.45, 2.75) is 25.0 Å². The summed E-state index contributed by atoms with van der Waals surface area (Å²) in [7, 11) is 0. The van der Waals surface area contributed by atoms with Gasteiger partial charge in [-0.05, 0) is 36.8 Å². The Morgan fingerprint density at radius 1 is 1.17 bits per heavy atom. The first kappa shape index (κ1) is 20.8. The molecule has 150 valence electrons. The summed E-state index contributed by atoms with van der Waals surface area (Å²) >= 11 is 7.21. The maximum atomic E-state index is 12.2. The standard InChI is InChI=1S/C19H18ClN5O3S/c1-2-24-17(11-13-3-5-14(20)6-4-13)22-23-19(24)29-12-18(26)21-15-7-9-16(10-8-15)25(27)28/h3-10H,2,11-12H2,1H3,(H,21,26). The highest BCUT2D eigenvalue weighted by Crippen LogP contribution is 2.21. The molecule has 0 bridgehead atoms. The van der Waals surface area contributed by atoms with Crippen molar-refractivity contribution < 1.29 is 9.72 Å².